The average Bonchev–Trinajstić information content (AvgIpc) is 2.57. The average molecular weight is 215 g/mol. The SMILES string of the molecule is Cc1ccc(NCn2nc(C)cc2C)cc1. The predicted molar refractivity (Wildman–Crippen MR) is 66.5 cm³/mol. The summed E-state index contributed by atoms with van der Waals surface area (Å²) >= 11 is 0. The summed E-state index contributed by atoms with van der Waals surface area (Å²) in [7, 11) is 0. The van der Waals surface area contributed by atoms with Crippen LogP contribution < -0.4 is 5.32 Å². The van der Waals surface area contributed by atoms with Crippen LogP contribution in [0.3, 0.4) is 0 Å². The summed E-state index contributed by atoms with van der Waals surface area (Å²) in [5.74, 6) is 0. The highest BCUT2D eigenvalue weighted by atomic mass is 15.3. The van der Waals surface area contributed by atoms with Gasteiger partial charge < -0.3 is 5.32 Å². The van der Waals surface area contributed by atoms with Crippen molar-refractivity contribution in [2.45, 2.75) is 27.4 Å². The summed E-state index contributed by atoms with van der Waals surface area (Å²) in [6.45, 7) is 6.87. The van der Waals surface area contributed by atoms with E-state index in [1.54, 1.807) is 0 Å². The van der Waals surface area contributed by atoms with Gasteiger partial charge in [-0.25, -0.2) is 0 Å². The minimum Gasteiger partial charge on any atom is -0.366 e. The van der Waals surface area contributed by atoms with Gasteiger partial charge in [-0.05, 0) is 39.0 Å². The molecule has 0 atom stereocenters. The molecule has 0 saturated carbocycles. The van der Waals surface area contributed by atoms with Crippen LogP contribution in [0, 0.1) is 20.8 Å². The minimum absolute atomic E-state index is 0.711. The zero-order valence-corrected chi connectivity index (χ0v) is 9.99. The van der Waals surface area contributed by atoms with Crippen LogP contribution in [0.2, 0.25) is 0 Å². The minimum atomic E-state index is 0.711. The van der Waals surface area contributed by atoms with E-state index in [0.717, 1.165) is 11.4 Å². The zero-order chi connectivity index (χ0) is 11.5. The highest BCUT2D eigenvalue weighted by Gasteiger charge is 1.99. The zero-order valence-electron chi connectivity index (χ0n) is 9.99. The molecule has 1 aromatic carbocycles. The van der Waals surface area contributed by atoms with E-state index in [2.05, 4.69) is 54.6 Å². The Labute approximate surface area is 96.1 Å². The Hall–Kier alpha value is -1.77. The van der Waals surface area contributed by atoms with Crippen LogP contribution in [-0.4, -0.2) is 9.78 Å². The number of hydrogen-bond donors (Lipinski definition) is 1. The van der Waals surface area contributed by atoms with Gasteiger partial charge in [-0.2, -0.15) is 5.10 Å². The van der Waals surface area contributed by atoms with Crippen LogP contribution >= 0.6 is 0 Å². The Balaban J connectivity index is 2.02. The molecule has 0 bridgehead atoms. The van der Waals surface area contributed by atoms with Crippen molar-refractivity contribution >= 4 is 5.69 Å². The summed E-state index contributed by atoms with van der Waals surface area (Å²) in [5, 5.41) is 7.74. The fourth-order valence-corrected chi connectivity index (χ4v) is 1.67. The number of benzene rings is 1. The van der Waals surface area contributed by atoms with E-state index < -0.39 is 0 Å². The van der Waals surface area contributed by atoms with Gasteiger partial charge in [0.1, 0.15) is 6.67 Å². The second-order valence-corrected chi connectivity index (χ2v) is 4.13. The molecule has 0 aliphatic carbocycles. The van der Waals surface area contributed by atoms with Gasteiger partial charge in [-0.15, -0.1) is 0 Å². The predicted octanol–water partition coefficient (Wildman–Crippen LogP) is 2.88. The maximum Gasteiger partial charge on any atom is 0.109 e. The first-order chi connectivity index (χ1) is 7.65. The maximum atomic E-state index is 4.40. The van der Waals surface area contributed by atoms with Crippen molar-refractivity contribution in [3.05, 3.63) is 47.3 Å². The molecule has 1 N–H and O–H groups in total. The van der Waals surface area contributed by atoms with E-state index in [1.165, 1.54) is 11.3 Å². The molecular weight excluding hydrogens is 198 g/mol. The maximum absolute atomic E-state index is 4.40. The van der Waals surface area contributed by atoms with Crippen molar-refractivity contribution in [1.29, 1.82) is 0 Å². The molecule has 3 nitrogen and oxygen atoms in total. The van der Waals surface area contributed by atoms with Crippen LogP contribution in [0.5, 0.6) is 0 Å². The fourth-order valence-electron chi connectivity index (χ4n) is 1.67. The van der Waals surface area contributed by atoms with Gasteiger partial charge in [0.25, 0.3) is 0 Å². The van der Waals surface area contributed by atoms with Crippen molar-refractivity contribution in [2.75, 3.05) is 5.32 Å². The first kappa shape index (κ1) is 10.7. The second kappa shape index (κ2) is 4.39. The van der Waals surface area contributed by atoms with Crippen molar-refractivity contribution in [3.63, 3.8) is 0 Å². The summed E-state index contributed by atoms with van der Waals surface area (Å²) < 4.78 is 1.97. The Morgan fingerprint density at radius 1 is 1.12 bits per heavy atom. The summed E-state index contributed by atoms with van der Waals surface area (Å²) in [4.78, 5) is 0. The molecule has 2 rings (SSSR count). The van der Waals surface area contributed by atoms with Crippen molar-refractivity contribution < 1.29 is 0 Å². The molecule has 84 valence electrons. The molecule has 0 aliphatic heterocycles. The van der Waals surface area contributed by atoms with Gasteiger partial charge in [0, 0.05) is 11.4 Å². The highest BCUT2D eigenvalue weighted by molar-refractivity contribution is 5.43. The van der Waals surface area contributed by atoms with Gasteiger partial charge in [-0.3, -0.25) is 4.68 Å². The molecule has 0 unspecified atom stereocenters. The smallest absolute Gasteiger partial charge is 0.109 e. The standard InChI is InChI=1S/C13H17N3/c1-10-4-6-13(7-5-10)14-9-16-12(3)8-11(2)15-16/h4-8,14H,9H2,1-3H3. The largest absolute Gasteiger partial charge is 0.366 e. The molecule has 0 amide bonds. The van der Waals surface area contributed by atoms with E-state index in [0.29, 0.717) is 6.67 Å². The second-order valence-electron chi connectivity index (χ2n) is 4.13. The van der Waals surface area contributed by atoms with Gasteiger partial charge >= 0.3 is 0 Å². The summed E-state index contributed by atoms with van der Waals surface area (Å²) in [6, 6.07) is 10.5. The van der Waals surface area contributed by atoms with E-state index >= 15 is 0 Å². The van der Waals surface area contributed by atoms with Crippen molar-refractivity contribution in [3.8, 4) is 0 Å². The van der Waals surface area contributed by atoms with E-state index in [4.69, 9.17) is 0 Å². The number of anilines is 1. The lowest BCUT2D eigenvalue weighted by molar-refractivity contribution is 0.644. The molecule has 0 radical (unpaired) electrons. The fraction of sp³-hybridized carbons (Fsp3) is 0.308. The van der Waals surface area contributed by atoms with Crippen LogP contribution in [0.25, 0.3) is 0 Å². The molecule has 16 heavy (non-hydrogen) atoms. The topological polar surface area (TPSA) is 29.9 Å². The quantitative estimate of drug-likeness (QED) is 0.853. The Kier molecular flexibility index (Phi) is 2.95. The number of hydrogen-bond acceptors (Lipinski definition) is 2. The van der Waals surface area contributed by atoms with Crippen LogP contribution in [0.1, 0.15) is 17.0 Å². The summed E-state index contributed by atoms with van der Waals surface area (Å²) in [5.41, 5.74) is 4.63. The van der Waals surface area contributed by atoms with E-state index in [9.17, 15) is 0 Å². The molecule has 0 aliphatic rings. The number of aryl methyl sites for hydroxylation is 3. The number of nitrogens with zero attached hydrogens (tertiary/aromatic N) is 2. The molecule has 1 aromatic heterocycles. The Morgan fingerprint density at radius 3 is 2.38 bits per heavy atom. The van der Waals surface area contributed by atoms with E-state index in [1.807, 2.05) is 11.6 Å². The monoisotopic (exact) mass is 215 g/mol. The summed E-state index contributed by atoms with van der Waals surface area (Å²) in [6.07, 6.45) is 0. The van der Waals surface area contributed by atoms with Crippen LogP contribution in [-0.2, 0) is 6.67 Å². The van der Waals surface area contributed by atoms with Crippen molar-refractivity contribution in [2.24, 2.45) is 0 Å². The molecule has 0 spiro atoms. The third-order valence-electron chi connectivity index (χ3n) is 2.59. The molecule has 1 heterocycles. The molecule has 0 fully saturated rings. The van der Waals surface area contributed by atoms with Crippen LogP contribution in [0.15, 0.2) is 30.3 Å². The van der Waals surface area contributed by atoms with Gasteiger partial charge in [0.2, 0.25) is 0 Å². The Morgan fingerprint density at radius 2 is 1.81 bits per heavy atom. The van der Waals surface area contributed by atoms with Crippen molar-refractivity contribution in [1.82, 2.24) is 9.78 Å². The first-order valence-corrected chi connectivity index (χ1v) is 5.47. The third-order valence-corrected chi connectivity index (χ3v) is 2.59. The Bertz CT molecular complexity index is 468. The van der Waals surface area contributed by atoms with E-state index in [-0.39, 0.29) is 0 Å². The van der Waals surface area contributed by atoms with Crippen LogP contribution in [0.4, 0.5) is 5.69 Å². The number of rotatable bonds is 3. The number of nitrogens with one attached hydrogen (secondary N) is 1. The highest BCUT2D eigenvalue weighted by Crippen LogP contribution is 2.09. The molecule has 0 saturated heterocycles. The molecule has 2 aromatic rings. The van der Waals surface area contributed by atoms with Gasteiger partial charge in [0.15, 0.2) is 0 Å². The van der Waals surface area contributed by atoms with Gasteiger partial charge in [0.05, 0.1) is 5.69 Å². The lowest BCUT2D eigenvalue weighted by Gasteiger charge is -2.08. The molecular formula is C13H17N3. The molecule has 3 heteroatoms. The number of aromatic nitrogens is 2. The normalized spacial score (nSPS) is 10.4. The van der Waals surface area contributed by atoms with Gasteiger partial charge in [-0.1, -0.05) is 17.7 Å². The lowest BCUT2D eigenvalue weighted by Crippen LogP contribution is -2.10. The third kappa shape index (κ3) is 2.42. The lowest BCUT2D eigenvalue weighted by atomic mass is 10.2. The first-order valence-electron chi connectivity index (χ1n) is 5.47.